The van der Waals surface area contributed by atoms with E-state index in [9.17, 15) is 19.2 Å². The lowest BCUT2D eigenvalue weighted by atomic mass is 9.92. The van der Waals surface area contributed by atoms with Crippen molar-refractivity contribution in [3.05, 3.63) is 168 Å². The van der Waals surface area contributed by atoms with Crippen LogP contribution < -0.4 is 26.2 Å². The molecule has 2 heterocycles. The van der Waals surface area contributed by atoms with Crippen molar-refractivity contribution in [1.29, 1.82) is 0 Å². The second kappa shape index (κ2) is 15.9. The van der Waals surface area contributed by atoms with Crippen molar-refractivity contribution in [2.45, 2.75) is 50.1 Å². The minimum atomic E-state index is -2.01. The molecule has 4 aromatic carbocycles. The van der Waals surface area contributed by atoms with Crippen molar-refractivity contribution in [3.8, 4) is 0 Å². The molecule has 4 N–H and O–H groups in total. The Morgan fingerprint density at radius 2 is 0.725 bits per heavy atom. The number of carbonyl (C=O) groups excluding carboxylic acids is 4. The van der Waals surface area contributed by atoms with Crippen LogP contribution in [0.4, 0.5) is 5.69 Å². The lowest BCUT2D eigenvalue weighted by molar-refractivity contribution is -0.139. The predicted molar refractivity (Wildman–Crippen MR) is 195 cm³/mol. The van der Waals surface area contributed by atoms with Crippen LogP contribution in [0.2, 0.25) is 0 Å². The summed E-state index contributed by atoms with van der Waals surface area (Å²) < 4.78 is 0. The quantitative estimate of drug-likeness (QED) is 0.136. The largest absolute Gasteiger partial charge is 0.350 e. The summed E-state index contributed by atoms with van der Waals surface area (Å²) in [5.74, 6) is -2.55. The average Bonchev–Trinajstić information content (AvgIpc) is 3.57. The fraction of sp³-hybridized carbons (Fsp3) is 0.195. The minimum Gasteiger partial charge on any atom is -0.350 e. The molecule has 4 amide bonds. The topological polar surface area (TPSA) is 133 Å². The van der Waals surface area contributed by atoms with E-state index in [-0.39, 0.29) is 39.0 Å². The number of benzene rings is 4. The average molecular weight is 681 g/mol. The van der Waals surface area contributed by atoms with Gasteiger partial charge in [0.2, 0.25) is 0 Å². The number of pyridine rings is 1. The molecule has 10 heteroatoms. The molecule has 0 radical (unpaired) electrons. The van der Waals surface area contributed by atoms with Gasteiger partial charge in [-0.05, 0) is 47.2 Å². The first-order valence-corrected chi connectivity index (χ1v) is 16.9. The number of nitrogens with one attached hydrogen (secondary N) is 4. The van der Waals surface area contributed by atoms with E-state index >= 15 is 0 Å². The SMILES string of the molecule is O=C(NCc1ccccc1)C1(C(=O)NCc2ccccc2)CCC(C(=O)NCc2ccccc2)(C(=O)NCc2ccccc2)N1c1ccncc1. The third kappa shape index (κ3) is 7.50. The van der Waals surface area contributed by atoms with Gasteiger partial charge in [-0.3, -0.25) is 24.2 Å². The summed E-state index contributed by atoms with van der Waals surface area (Å²) in [7, 11) is 0. The molecule has 258 valence electrons. The van der Waals surface area contributed by atoms with Crippen molar-refractivity contribution in [2.24, 2.45) is 0 Å². The van der Waals surface area contributed by atoms with Crippen molar-refractivity contribution >= 4 is 29.3 Å². The Morgan fingerprint density at radius 3 is 1.00 bits per heavy atom. The van der Waals surface area contributed by atoms with Crippen molar-refractivity contribution in [1.82, 2.24) is 26.3 Å². The molecule has 1 aliphatic rings. The van der Waals surface area contributed by atoms with Gasteiger partial charge in [0.25, 0.3) is 23.6 Å². The fourth-order valence-corrected chi connectivity index (χ4v) is 6.61. The van der Waals surface area contributed by atoms with Crippen LogP contribution in [0.1, 0.15) is 35.1 Å². The highest BCUT2D eigenvalue weighted by Crippen LogP contribution is 2.46. The molecule has 5 aromatic rings. The Kier molecular flexibility index (Phi) is 10.8. The maximum atomic E-state index is 14.8. The molecule has 1 fully saturated rings. The molecule has 1 aromatic heterocycles. The lowest BCUT2D eigenvalue weighted by Gasteiger charge is -2.45. The number of hydrogen-bond donors (Lipinski definition) is 4. The van der Waals surface area contributed by atoms with Crippen LogP contribution >= 0.6 is 0 Å². The second-order valence-electron chi connectivity index (χ2n) is 12.4. The molecule has 0 aliphatic carbocycles. The number of aromatic nitrogens is 1. The maximum Gasteiger partial charge on any atom is 0.256 e. The van der Waals surface area contributed by atoms with E-state index in [2.05, 4.69) is 26.3 Å². The molecule has 0 unspecified atom stereocenters. The first kappa shape index (κ1) is 34.6. The maximum absolute atomic E-state index is 14.8. The highest BCUT2D eigenvalue weighted by Gasteiger charge is 2.68. The molecular formula is C41H40N6O4. The number of rotatable bonds is 13. The zero-order valence-electron chi connectivity index (χ0n) is 28.1. The normalized spacial score (nSPS) is 14.2. The van der Waals surface area contributed by atoms with Gasteiger partial charge in [-0.25, -0.2) is 0 Å². The summed E-state index contributed by atoms with van der Waals surface area (Å²) in [6.45, 7) is 0.520. The first-order chi connectivity index (χ1) is 24.9. The smallest absolute Gasteiger partial charge is 0.256 e. The second-order valence-corrected chi connectivity index (χ2v) is 12.4. The van der Waals surface area contributed by atoms with Crippen LogP contribution in [0.15, 0.2) is 146 Å². The van der Waals surface area contributed by atoms with E-state index in [0.717, 1.165) is 22.3 Å². The van der Waals surface area contributed by atoms with Gasteiger partial charge in [0.15, 0.2) is 11.1 Å². The van der Waals surface area contributed by atoms with Crippen LogP contribution in [0.25, 0.3) is 0 Å². The molecule has 51 heavy (non-hydrogen) atoms. The van der Waals surface area contributed by atoms with E-state index in [0.29, 0.717) is 5.69 Å². The summed E-state index contributed by atoms with van der Waals surface area (Å²) in [6, 6.07) is 40.6. The zero-order valence-corrected chi connectivity index (χ0v) is 28.1. The molecule has 1 aliphatic heterocycles. The molecule has 1 saturated heterocycles. The van der Waals surface area contributed by atoms with E-state index in [1.165, 1.54) is 17.3 Å². The minimum absolute atomic E-state index is 0.130. The van der Waals surface area contributed by atoms with Crippen LogP contribution in [0.5, 0.6) is 0 Å². The molecule has 10 nitrogen and oxygen atoms in total. The van der Waals surface area contributed by atoms with Gasteiger partial charge in [0.05, 0.1) is 0 Å². The Hall–Kier alpha value is -6.29. The number of nitrogens with zero attached hydrogens (tertiary/aromatic N) is 2. The third-order valence-electron chi connectivity index (χ3n) is 9.22. The Balaban J connectivity index is 1.45. The molecule has 0 spiro atoms. The Labute approximate surface area is 297 Å². The molecule has 6 rings (SSSR count). The number of amides is 4. The van der Waals surface area contributed by atoms with E-state index in [1.54, 1.807) is 12.1 Å². The van der Waals surface area contributed by atoms with Crippen LogP contribution in [0.3, 0.4) is 0 Å². The summed E-state index contributed by atoms with van der Waals surface area (Å²) in [5.41, 5.74) is -0.411. The van der Waals surface area contributed by atoms with Gasteiger partial charge in [-0.1, -0.05) is 121 Å². The Morgan fingerprint density at radius 1 is 0.451 bits per heavy atom. The molecule has 0 saturated carbocycles. The fourth-order valence-electron chi connectivity index (χ4n) is 6.61. The van der Waals surface area contributed by atoms with E-state index < -0.39 is 34.7 Å². The van der Waals surface area contributed by atoms with Gasteiger partial charge in [-0.15, -0.1) is 0 Å². The van der Waals surface area contributed by atoms with Crippen LogP contribution in [-0.2, 0) is 45.4 Å². The van der Waals surface area contributed by atoms with Gasteiger partial charge in [0, 0.05) is 44.3 Å². The van der Waals surface area contributed by atoms with Gasteiger partial charge >= 0.3 is 0 Å². The van der Waals surface area contributed by atoms with Crippen LogP contribution in [-0.4, -0.2) is 39.7 Å². The summed E-state index contributed by atoms with van der Waals surface area (Å²) in [6.07, 6.45) is 2.76. The molecular weight excluding hydrogens is 640 g/mol. The number of anilines is 1. The van der Waals surface area contributed by atoms with Gasteiger partial charge in [-0.2, -0.15) is 0 Å². The van der Waals surface area contributed by atoms with E-state index in [1.807, 2.05) is 121 Å². The first-order valence-electron chi connectivity index (χ1n) is 16.9. The predicted octanol–water partition coefficient (Wildman–Crippen LogP) is 4.43. The van der Waals surface area contributed by atoms with Gasteiger partial charge < -0.3 is 26.2 Å². The lowest BCUT2D eigenvalue weighted by Crippen LogP contribution is -2.73. The molecule has 0 bridgehead atoms. The highest BCUT2D eigenvalue weighted by atomic mass is 16.2. The summed E-state index contributed by atoms with van der Waals surface area (Å²) in [4.78, 5) is 64.7. The van der Waals surface area contributed by atoms with Crippen molar-refractivity contribution in [3.63, 3.8) is 0 Å². The number of carbonyl (C=O) groups is 4. The zero-order chi connectivity index (χ0) is 35.5. The third-order valence-corrected chi connectivity index (χ3v) is 9.22. The number of hydrogen-bond acceptors (Lipinski definition) is 6. The monoisotopic (exact) mass is 680 g/mol. The summed E-state index contributed by atoms with van der Waals surface area (Å²) in [5, 5.41) is 11.9. The van der Waals surface area contributed by atoms with Crippen molar-refractivity contribution < 1.29 is 19.2 Å². The standard InChI is InChI=1S/C41H40N6O4/c48-36(43-27-31-13-5-1-6-14-31)40(37(49)44-28-32-15-7-2-8-16-32)23-24-41(47(40)35-21-25-42-26-22-35,38(50)45-29-33-17-9-3-10-18-33)39(51)46-30-34-19-11-4-12-20-34/h1-22,25-26H,23-24,27-30H2,(H,43,48)(H,44,49)(H,45,50)(H,46,51). The van der Waals surface area contributed by atoms with Crippen LogP contribution in [0, 0.1) is 0 Å². The highest BCUT2D eigenvalue weighted by molar-refractivity contribution is 6.21. The van der Waals surface area contributed by atoms with Gasteiger partial charge in [0.1, 0.15) is 0 Å². The van der Waals surface area contributed by atoms with Crippen molar-refractivity contribution in [2.75, 3.05) is 4.90 Å². The molecule has 0 atom stereocenters. The van der Waals surface area contributed by atoms with E-state index in [4.69, 9.17) is 0 Å². The Bertz CT molecular complexity index is 1690. The summed E-state index contributed by atoms with van der Waals surface area (Å²) >= 11 is 0.